The maximum atomic E-state index is 13.5. The zero-order valence-electron chi connectivity index (χ0n) is 24.7. The molecule has 0 saturated carbocycles. The quantitative estimate of drug-likeness (QED) is 0.266. The highest BCUT2D eigenvalue weighted by Gasteiger charge is 2.30. The van der Waals surface area contributed by atoms with E-state index in [1.807, 2.05) is 85.5 Å². The number of hydrogen-bond donors (Lipinski definition) is 2. The van der Waals surface area contributed by atoms with Crippen LogP contribution in [0.2, 0.25) is 0 Å². The Labute approximate surface area is 248 Å². The van der Waals surface area contributed by atoms with Crippen molar-refractivity contribution in [2.75, 3.05) is 54.9 Å². The molecule has 0 spiro atoms. The van der Waals surface area contributed by atoms with Crippen LogP contribution >= 0.6 is 0 Å². The van der Waals surface area contributed by atoms with Crippen molar-refractivity contribution < 1.29 is 19.1 Å². The molecule has 2 N–H and O–H groups in total. The van der Waals surface area contributed by atoms with Gasteiger partial charge in [0.2, 0.25) is 5.91 Å². The van der Waals surface area contributed by atoms with Gasteiger partial charge >= 0.3 is 0 Å². The Hall–Kier alpha value is -4.30. The second-order valence-electron chi connectivity index (χ2n) is 10.5. The van der Waals surface area contributed by atoms with E-state index in [0.717, 1.165) is 42.1 Å². The number of hydrogen-bond acceptors (Lipinski definition) is 6. The summed E-state index contributed by atoms with van der Waals surface area (Å²) in [5.74, 6) is 1.01. The van der Waals surface area contributed by atoms with Crippen LogP contribution < -0.4 is 25.0 Å². The lowest BCUT2D eigenvalue weighted by Gasteiger charge is -2.29. The zero-order chi connectivity index (χ0) is 29.5. The van der Waals surface area contributed by atoms with Gasteiger partial charge in [-0.3, -0.25) is 9.59 Å². The highest BCUT2D eigenvalue weighted by molar-refractivity contribution is 6.37. The third kappa shape index (κ3) is 6.60. The van der Waals surface area contributed by atoms with E-state index in [0.29, 0.717) is 48.2 Å². The fourth-order valence-corrected chi connectivity index (χ4v) is 5.61. The molecule has 0 bridgehead atoms. The van der Waals surface area contributed by atoms with Crippen LogP contribution in [-0.4, -0.2) is 56.1 Å². The number of ether oxygens (including phenoxy) is 2. The monoisotopic (exact) mass is 568 g/mol. The molecule has 8 nitrogen and oxygen atoms in total. The molecule has 0 atom stereocenters. The van der Waals surface area contributed by atoms with Crippen molar-refractivity contribution in [3.8, 4) is 11.5 Å². The number of carbonyl (C=O) groups excluding carboxylic acids is 2. The van der Waals surface area contributed by atoms with Crippen LogP contribution in [0.1, 0.15) is 51.2 Å². The fourth-order valence-electron chi connectivity index (χ4n) is 5.61. The van der Waals surface area contributed by atoms with Crippen molar-refractivity contribution in [3.05, 3.63) is 77.9 Å². The number of likely N-dealkylation sites (tertiary alicyclic amines) is 1. The molecule has 1 fully saturated rings. The van der Waals surface area contributed by atoms with Crippen molar-refractivity contribution in [3.63, 3.8) is 0 Å². The summed E-state index contributed by atoms with van der Waals surface area (Å²) in [5, 5.41) is 6.52. The molecule has 1 saturated heterocycles. The van der Waals surface area contributed by atoms with Gasteiger partial charge in [-0.1, -0.05) is 36.8 Å². The van der Waals surface area contributed by atoms with Crippen LogP contribution in [-0.2, 0) is 9.59 Å². The molecule has 3 aromatic carbocycles. The molecule has 2 amide bonds. The van der Waals surface area contributed by atoms with Gasteiger partial charge in [-0.2, -0.15) is 0 Å². The number of fused-ring (bicyclic) bond motifs is 1. The number of benzene rings is 3. The molecule has 0 unspecified atom stereocenters. The van der Waals surface area contributed by atoms with Crippen molar-refractivity contribution in [1.29, 1.82) is 0 Å². The summed E-state index contributed by atoms with van der Waals surface area (Å²) in [6, 6.07) is 21.3. The third-order valence-electron chi connectivity index (χ3n) is 7.66. The first-order valence-electron chi connectivity index (χ1n) is 14.9. The van der Waals surface area contributed by atoms with Crippen molar-refractivity contribution >= 4 is 40.1 Å². The van der Waals surface area contributed by atoms with Crippen LogP contribution in [0, 0.1) is 0 Å². The van der Waals surface area contributed by atoms with Gasteiger partial charge < -0.3 is 29.9 Å². The number of nitrogens with one attached hydrogen (secondary N) is 2. The van der Waals surface area contributed by atoms with Gasteiger partial charge in [0.05, 0.1) is 30.2 Å². The molecule has 0 aromatic heterocycles. The fraction of sp³-hybridized carbons (Fsp3) is 0.353. The lowest BCUT2D eigenvalue weighted by Crippen LogP contribution is -2.39. The number of nitrogens with zero attached hydrogens (tertiary/aromatic N) is 2. The summed E-state index contributed by atoms with van der Waals surface area (Å²) in [7, 11) is 0. The van der Waals surface area contributed by atoms with E-state index in [-0.39, 0.29) is 11.8 Å². The average molecular weight is 569 g/mol. The number of piperidine rings is 1. The maximum absolute atomic E-state index is 13.5. The molecule has 2 aliphatic heterocycles. The lowest BCUT2D eigenvalue weighted by atomic mass is 9.99. The molecule has 8 heteroatoms. The van der Waals surface area contributed by atoms with E-state index in [9.17, 15) is 9.59 Å². The molecule has 220 valence electrons. The Morgan fingerprint density at radius 3 is 2.24 bits per heavy atom. The van der Waals surface area contributed by atoms with Crippen LogP contribution in [0.3, 0.4) is 0 Å². The molecule has 2 heterocycles. The Morgan fingerprint density at radius 1 is 0.929 bits per heavy atom. The minimum Gasteiger partial charge on any atom is -0.490 e. The molecule has 5 rings (SSSR count). The average Bonchev–Trinajstić information content (AvgIpc) is 3.32. The summed E-state index contributed by atoms with van der Waals surface area (Å²) in [6.07, 6.45) is 3.74. The summed E-state index contributed by atoms with van der Waals surface area (Å²) >= 11 is 0. The lowest BCUT2D eigenvalue weighted by molar-refractivity contribution is -0.116. The Bertz CT molecular complexity index is 1430. The van der Waals surface area contributed by atoms with Gasteiger partial charge in [-0.15, -0.1) is 0 Å². The molecule has 42 heavy (non-hydrogen) atoms. The molecular weight excluding hydrogens is 528 g/mol. The van der Waals surface area contributed by atoms with Crippen LogP contribution in [0.5, 0.6) is 11.5 Å². The number of rotatable bonds is 11. The predicted octanol–water partition coefficient (Wildman–Crippen LogP) is 6.26. The van der Waals surface area contributed by atoms with E-state index in [2.05, 4.69) is 15.5 Å². The highest BCUT2D eigenvalue weighted by Crippen LogP contribution is 2.43. The van der Waals surface area contributed by atoms with Crippen molar-refractivity contribution in [2.24, 2.45) is 0 Å². The Balaban J connectivity index is 1.46. The van der Waals surface area contributed by atoms with E-state index in [1.165, 1.54) is 19.3 Å². The summed E-state index contributed by atoms with van der Waals surface area (Å²) in [5.41, 5.74) is 5.16. The van der Waals surface area contributed by atoms with Crippen molar-refractivity contribution in [2.45, 2.75) is 40.0 Å². The van der Waals surface area contributed by atoms with Crippen LogP contribution in [0.15, 0.2) is 66.7 Å². The molecule has 2 aliphatic rings. The molecule has 3 aromatic rings. The van der Waals surface area contributed by atoms with E-state index >= 15 is 0 Å². The second-order valence-corrected chi connectivity index (χ2v) is 10.5. The molecule has 0 radical (unpaired) electrons. The first-order valence-corrected chi connectivity index (χ1v) is 14.9. The third-order valence-corrected chi connectivity index (χ3v) is 7.66. The minimum atomic E-state index is -0.204. The first-order chi connectivity index (χ1) is 20.5. The van der Waals surface area contributed by atoms with Crippen LogP contribution in [0.4, 0.5) is 17.1 Å². The van der Waals surface area contributed by atoms with Crippen LogP contribution in [0.25, 0.3) is 11.3 Å². The predicted molar refractivity (Wildman–Crippen MR) is 169 cm³/mol. The summed E-state index contributed by atoms with van der Waals surface area (Å²) < 4.78 is 11.7. The number of amides is 2. The number of anilines is 3. The Morgan fingerprint density at radius 2 is 1.60 bits per heavy atom. The SMILES string of the molecule is CCOc1cc2c(cc1OCC)C(=C(Nc1ccc(N(CCN3CCCCC3)C(C)=O)cc1)c1ccccc1)C(=O)N2. The number of carbonyl (C=O) groups is 2. The van der Waals surface area contributed by atoms with E-state index < -0.39 is 0 Å². The van der Waals surface area contributed by atoms with Gasteiger partial charge in [0, 0.05) is 43.0 Å². The molecule has 0 aliphatic carbocycles. The van der Waals surface area contributed by atoms with Gasteiger partial charge in [-0.25, -0.2) is 0 Å². The standard InChI is InChI=1S/C34H40N4O4/c1-4-41-30-22-28-29(23-31(30)42-5-2)36-34(40)32(28)33(25-12-8-6-9-13-25)35-26-14-16-27(17-15-26)38(24(3)39)21-20-37-18-10-7-11-19-37/h6,8-9,12-17,22-23,35H,4-5,7,10-11,18-21H2,1-3H3,(H,36,40). The highest BCUT2D eigenvalue weighted by atomic mass is 16.5. The minimum absolute atomic E-state index is 0.0237. The molecular formula is C34H40N4O4. The largest absolute Gasteiger partial charge is 0.490 e. The second kappa shape index (κ2) is 13.6. The topological polar surface area (TPSA) is 83.1 Å². The van der Waals surface area contributed by atoms with E-state index in [1.54, 1.807) is 6.92 Å². The summed E-state index contributed by atoms with van der Waals surface area (Å²) in [4.78, 5) is 30.3. The summed E-state index contributed by atoms with van der Waals surface area (Å²) in [6.45, 7) is 10.1. The smallest absolute Gasteiger partial charge is 0.258 e. The van der Waals surface area contributed by atoms with E-state index in [4.69, 9.17) is 9.47 Å². The van der Waals surface area contributed by atoms with Gasteiger partial charge in [0.25, 0.3) is 5.91 Å². The zero-order valence-corrected chi connectivity index (χ0v) is 24.7. The van der Waals surface area contributed by atoms with Gasteiger partial charge in [0.1, 0.15) is 0 Å². The maximum Gasteiger partial charge on any atom is 0.258 e. The van der Waals surface area contributed by atoms with Gasteiger partial charge in [-0.05, 0) is 75.7 Å². The normalized spacial score (nSPS) is 15.9. The van der Waals surface area contributed by atoms with Crippen molar-refractivity contribution in [1.82, 2.24) is 4.90 Å². The first kappa shape index (κ1) is 29.2. The van der Waals surface area contributed by atoms with Gasteiger partial charge in [0.15, 0.2) is 11.5 Å². The Kier molecular flexibility index (Phi) is 9.44.